The standard InChI is InChI=1S/C16H13BrClN3/c17-11-6-7-14(18)13(10-11)16(19)15-8-9-20-21(15)12-4-2-1-3-5-12/h1-10,16H,19H2. The molecule has 0 aliphatic rings. The van der Waals surface area contributed by atoms with Crippen LogP contribution in [-0.2, 0) is 0 Å². The summed E-state index contributed by atoms with van der Waals surface area (Å²) in [7, 11) is 0. The third-order valence-electron chi connectivity index (χ3n) is 3.28. The molecule has 1 atom stereocenters. The Labute approximate surface area is 136 Å². The summed E-state index contributed by atoms with van der Waals surface area (Å²) in [6.07, 6.45) is 1.74. The van der Waals surface area contributed by atoms with Crippen LogP contribution in [0.1, 0.15) is 17.3 Å². The number of benzene rings is 2. The highest BCUT2D eigenvalue weighted by Crippen LogP contribution is 2.30. The van der Waals surface area contributed by atoms with E-state index in [1.165, 1.54) is 0 Å². The van der Waals surface area contributed by atoms with Crippen molar-refractivity contribution >= 4 is 27.5 Å². The highest BCUT2D eigenvalue weighted by molar-refractivity contribution is 9.10. The smallest absolute Gasteiger partial charge is 0.0742 e. The zero-order valence-corrected chi connectivity index (χ0v) is 13.4. The first-order valence-electron chi connectivity index (χ1n) is 6.46. The molecule has 21 heavy (non-hydrogen) atoms. The highest BCUT2D eigenvalue weighted by atomic mass is 79.9. The Hall–Kier alpha value is -1.62. The van der Waals surface area contributed by atoms with E-state index in [1.807, 2.05) is 59.3 Å². The molecule has 5 heteroatoms. The van der Waals surface area contributed by atoms with Crippen molar-refractivity contribution < 1.29 is 0 Å². The summed E-state index contributed by atoms with van der Waals surface area (Å²) in [4.78, 5) is 0. The summed E-state index contributed by atoms with van der Waals surface area (Å²) >= 11 is 9.73. The van der Waals surface area contributed by atoms with Gasteiger partial charge in [-0.2, -0.15) is 5.10 Å². The Morgan fingerprint density at radius 3 is 2.62 bits per heavy atom. The van der Waals surface area contributed by atoms with Gasteiger partial charge in [0.05, 0.1) is 17.4 Å². The predicted molar refractivity (Wildman–Crippen MR) is 88.7 cm³/mol. The number of hydrogen-bond acceptors (Lipinski definition) is 2. The number of nitrogens with two attached hydrogens (primary N) is 1. The molecule has 3 rings (SSSR count). The van der Waals surface area contributed by atoms with Gasteiger partial charge < -0.3 is 5.73 Å². The maximum absolute atomic E-state index is 6.40. The van der Waals surface area contributed by atoms with E-state index < -0.39 is 0 Å². The molecule has 0 amide bonds. The minimum atomic E-state index is -0.349. The second kappa shape index (κ2) is 6.02. The van der Waals surface area contributed by atoms with Crippen LogP contribution in [-0.4, -0.2) is 9.78 Å². The summed E-state index contributed by atoms with van der Waals surface area (Å²) in [6, 6.07) is 17.1. The van der Waals surface area contributed by atoms with Crippen molar-refractivity contribution in [3.63, 3.8) is 0 Å². The average Bonchev–Trinajstić information content (AvgIpc) is 2.99. The lowest BCUT2D eigenvalue weighted by Gasteiger charge is -2.16. The summed E-state index contributed by atoms with van der Waals surface area (Å²) < 4.78 is 2.78. The van der Waals surface area contributed by atoms with E-state index in [1.54, 1.807) is 6.20 Å². The zero-order valence-electron chi connectivity index (χ0n) is 11.1. The minimum absolute atomic E-state index is 0.349. The van der Waals surface area contributed by atoms with Crippen molar-refractivity contribution in [3.05, 3.63) is 81.5 Å². The number of aromatic nitrogens is 2. The molecule has 1 aromatic heterocycles. The van der Waals surface area contributed by atoms with Gasteiger partial charge in [-0.1, -0.05) is 45.7 Å². The summed E-state index contributed by atoms with van der Waals surface area (Å²) in [6.45, 7) is 0. The van der Waals surface area contributed by atoms with Gasteiger partial charge in [0.1, 0.15) is 0 Å². The Balaban J connectivity index is 2.06. The molecule has 0 bridgehead atoms. The molecule has 3 nitrogen and oxygen atoms in total. The molecule has 0 aliphatic carbocycles. The van der Waals surface area contributed by atoms with E-state index in [4.69, 9.17) is 17.3 Å². The fourth-order valence-electron chi connectivity index (χ4n) is 2.25. The SMILES string of the molecule is NC(c1cc(Br)ccc1Cl)c1ccnn1-c1ccccc1. The molecule has 3 aromatic rings. The molecular weight excluding hydrogens is 350 g/mol. The number of halogens is 2. The van der Waals surface area contributed by atoms with Gasteiger partial charge in [-0.3, -0.25) is 0 Å². The van der Waals surface area contributed by atoms with E-state index in [0.29, 0.717) is 5.02 Å². The zero-order chi connectivity index (χ0) is 14.8. The maximum atomic E-state index is 6.40. The Morgan fingerprint density at radius 2 is 1.86 bits per heavy atom. The second-order valence-corrected chi connectivity index (χ2v) is 5.97. The quantitative estimate of drug-likeness (QED) is 0.753. The number of para-hydroxylation sites is 1. The average molecular weight is 363 g/mol. The van der Waals surface area contributed by atoms with Crippen molar-refractivity contribution in [2.24, 2.45) is 5.73 Å². The predicted octanol–water partition coefficient (Wildman–Crippen LogP) is 4.34. The maximum Gasteiger partial charge on any atom is 0.0742 e. The Morgan fingerprint density at radius 1 is 1.10 bits per heavy atom. The van der Waals surface area contributed by atoms with Crippen LogP contribution in [0.5, 0.6) is 0 Å². The van der Waals surface area contributed by atoms with E-state index in [0.717, 1.165) is 21.4 Å². The molecule has 2 aromatic carbocycles. The first-order chi connectivity index (χ1) is 10.2. The van der Waals surface area contributed by atoms with Crippen LogP contribution in [0.25, 0.3) is 5.69 Å². The number of hydrogen-bond donors (Lipinski definition) is 1. The summed E-state index contributed by atoms with van der Waals surface area (Å²) in [5, 5.41) is 5.01. The van der Waals surface area contributed by atoms with Crippen LogP contribution in [0.15, 0.2) is 65.3 Å². The lowest BCUT2D eigenvalue weighted by molar-refractivity contribution is 0.739. The number of nitrogens with zero attached hydrogens (tertiary/aromatic N) is 2. The Bertz CT molecular complexity index is 755. The van der Waals surface area contributed by atoms with Crippen LogP contribution >= 0.6 is 27.5 Å². The fourth-order valence-corrected chi connectivity index (χ4v) is 2.86. The largest absolute Gasteiger partial charge is 0.319 e. The van der Waals surface area contributed by atoms with E-state index >= 15 is 0 Å². The first-order valence-corrected chi connectivity index (χ1v) is 7.64. The Kier molecular flexibility index (Phi) is 4.10. The van der Waals surface area contributed by atoms with Crippen molar-refractivity contribution in [2.75, 3.05) is 0 Å². The third kappa shape index (κ3) is 2.88. The monoisotopic (exact) mass is 361 g/mol. The van der Waals surface area contributed by atoms with E-state index in [9.17, 15) is 0 Å². The topological polar surface area (TPSA) is 43.8 Å². The molecule has 2 N–H and O–H groups in total. The van der Waals surface area contributed by atoms with Crippen LogP contribution in [0, 0.1) is 0 Å². The number of rotatable bonds is 3. The minimum Gasteiger partial charge on any atom is -0.319 e. The van der Waals surface area contributed by atoms with Crippen LogP contribution in [0.4, 0.5) is 0 Å². The van der Waals surface area contributed by atoms with Gasteiger partial charge in [-0.05, 0) is 42.0 Å². The van der Waals surface area contributed by atoms with Gasteiger partial charge in [0.2, 0.25) is 0 Å². The van der Waals surface area contributed by atoms with E-state index in [-0.39, 0.29) is 6.04 Å². The van der Waals surface area contributed by atoms with Crippen LogP contribution in [0.3, 0.4) is 0 Å². The van der Waals surface area contributed by atoms with E-state index in [2.05, 4.69) is 21.0 Å². The molecule has 0 fully saturated rings. The lowest BCUT2D eigenvalue weighted by atomic mass is 10.0. The fraction of sp³-hybridized carbons (Fsp3) is 0.0625. The molecule has 0 spiro atoms. The third-order valence-corrected chi connectivity index (χ3v) is 4.12. The van der Waals surface area contributed by atoms with Gasteiger partial charge in [0.15, 0.2) is 0 Å². The van der Waals surface area contributed by atoms with Crippen LogP contribution in [0.2, 0.25) is 5.02 Å². The lowest BCUT2D eigenvalue weighted by Crippen LogP contribution is -2.17. The molecule has 106 valence electrons. The first kappa shape index (κ1) is 14.3. The van der Waals surface area contributed by atoms with Crippen molar-refractivity contribution in [1.82, 2.24) is 9.78 Å². The van der Waals surface area contributed by atoms with Gasteiger partial charge >= 0.3 is 0 Å². The molecule has 1 heterocycles. The summed E-state index contributed by atoms with van der Waals surface area (Å²) in [5.74, 6) is 0. The molecule has 1 unspecified atom stereocenters. The van der Waals surface area contributed by atoms with Gasteiger partial charge in [-0.15, -0.1) is 0 Å². The van der Waals surface area contributed by atoms with Crippen LogP contribution < -0.4 is 5.73 Å². The van der Waals surface area contributed by atoms with Crippen molar-refractivity contribution in [3.8, 4) is 5.69 Å². The normalized spacial score (nSPS) is 12.3. The molecule has 0 saturated carbocycles. The molecule has 0 radical (unpaired) electrons. The van der Waals surface area contributed by atoms with Crippen molar-refractivity contribution in [2.45, 2.75) is 6.04 Å². The van der Waals surface area contributed by atoms with Crippen molar-refractivity contribution in [1.29, 1.82) is 0 Å². The molecular formula is C16H13BrClN3. The molecule has 0 aliphatic heterocycles. The molecule has 0 saturated heterocycles. The second-order valence-electron chi connectivity index (χ2n) is 4.65. The summed E-state index contributed by atoms with van der Waals surface area (Å²) in [5.41, 5.74) is 9.13. The van der Waals surface area contributed by atoms with Gasteiger partial charge in [-0.25, -0.2) is 4.68 Å². The van der Waals surface area contributed by atoms with Gasteiger partial charge in [0.25, 0.3) is 0 Å². The highest BCUT2D eigenvalue weighted by Gasteiger charge is 2.17. The van der Waals surface area contributed by atoms with Gasteiger partial charge in [0, 0.05) is 15.7 Å².